The molecule has 88 valence electrons. The highest BCUT2D eigenvalue weighted by Gasteiger charge is 2.38. The van der Waals surface area contributed by atoms with Crippen LogP contribution in [0.1, 0.15) is 33.6 Å². The highest BCUT2D eigenvalue weighted by Crippen LogP contribution is 2.30. The van der Waals surface area contributed by atoms with Gasteiger partial charge >= 0.3 is 0 Å². The molecule has 0 radical (unpaired) electrons. The molecule has 0 amide bonds. The molecule has 3 heteroatoms. The lowest BCUT2D eigenvalue weighted by Gasteiger charge is -2.50. The Bertz CT molecular complexity index is 214. The van der Waals surface area contributed by atoms with Crippen LogP contribution in [0.4, 0.5) is 0 Å². The first-order chi connectivity index (χ1) is 7.12. The van der Waals surface area contributed by atoms with Gasteiger partial charge in [0.2, 0.25) is 0 Å². The summed E-state index contributed by atoms with van der Waals surface area (Å²) in [6.45, 7) is 11.2. The van der Waals surface area contributed by atoms with Crippen LogP contribution in [-0.4, -0.2) is 48.8 Å². The summed E-state index contributed by atoms with van der Waals surface area (Å²) in [5.74, 6) is 0. The van der Waals surface area contributed by atoms with Gasteiger partial charge in [0.25, 0.3) is 0 Å². The molecule has 0 saturated carbocycles. The maximum Gasteiger partial charge on any atom is 0.0483 e. The zero-order valence-corrected chi connectivity index (χ0v) is 10.3. The average molecular weight is 212 g/mol. The standard InChI is InChI=1S/C12H24N2O/c1-10-9-14(11(2)8-13-10)12(3)4-6-15-7-5-12/h10-11,13H,4-9H2,1-3H3. The molecule has 2 heterocycles. The van der Waals surface area contributed by atoms with Gasteiger partial charge in [-0.3, -0.25) is 4.90 Å². The zero-order valence-electron chi connectivity index (χ0n) is 10.3. The Morgan fingerprint density at radius 3 is 2.60 bits per heavy atom. The fraction of sp³-hybridized carbons (Fsp3) is 1.00. The van der Waals surface area contributed by atoms with Gasteiger partial charge in [0, 0.05) is 43.9 Å². The summed E-state index contributed by atoms with van der Waals surface area (Å²) in [5.41, 5.74) is 0.369. The number of hydrogen-bond donors (Lipinski definition) is 1. The lowest BCUT2D eigenvalue weighted by molar-refractivity contribution is -0.0483. The molecule has 0 aromatic heterocycles. The number of nitrogens with one attached hydrogen (secondary N) is 1. The van der Waals surface area contributed by atoms with E-state index in [0.717, 1.165) is 19.8 Å². The second kappa shape index (κ2) is 4.40. The minimum atomic E-state index is 0.369. The fourth-order valence-corrected chi connectivity index (χ4v) is 2.87. The number of ether oxygens (including phenoxy) is 1. The Morgan fingerprint density at radius 1 is 1.27 bits per heavy atom. The third-order valence-electron chi connectivity index (χ3n) is 4.03. The Balaban J connectivity index is 2.05. The van der Waals surface area contributed by atoms with Crippen molar-refractivity contribution in [1.82, 2.24) is 10.2 Å². The van der Waals surface area contributed by atoms with Crippen molar-refractivity contribution in [2.75, 3.05) is 26.3 Å². The molecule has 15 heavy (non-hydrogen) atoms. The molecule has 2 saturated heterocycles. The van der Waals surface area contributed by atoms with Crippen molar-refractivity contribution in [3.63, 3.8) is 0 Å². The molecule has 0 aromatic carbocycles. The van der Waals surface area contributed by atoms with Crippen LogP contribution in [0.5, 0.6) is 0 Å². The molecule has 2 unspecified atom stereocenters. The van der Waals surface area contributed by atoms with Gasteiger partial charge in [-0.05, 0) is 33.6 Å². The van der Waals surface area contributed by atoms with Crippen LogP contribution in [0.25, 0.3) is 0 Å². The average Bonchev–Trinajstić information content (AvgIpc) is 2.23. The maximum absolute atomic E-state index is 5.48. The molecule has 2 aliphatic rings. The quantitative estimate of drug-likeness (QED) is 0.708. The highest BCUT2D eigenvalue weighted by atomic mass is 16.5. The Labute approximate surface area is 93.2 Å². The third-order valence-corrected chi connectivity index (χ3v) is 4.03. The van der Waals surface area contributed by atoms with Gasteiger partial charge in [-0.25, -0.2) is 0 Å². The Kier molecular flexibility index (Phi) is 3.33. The lowest BCUT2D eigenvalue weighted by Crippen LogP contribution is -2.63. The van der Waals surface area contributed by atoms with Crippen molar-refractivity contribution in [3.05, 3.63) is 0 Å². The van der Waals surface area contributed by atoms with Crippen LogP contribution in [0.3, 0.4) is 0 Å². The molecule has 2 aliphatic heterocycles. The molecule has 3 nitrogen and oxygen atoms in total. The fourth-order valence-electron chi connectivity index (χ4n) is 2.87. The van der Waals surface area contributed by atoms with Gasteiger partial charge in [0.1, 0.15) is 0 Å². The van der Waals surface area contributed by atoms with Crippen molar-refractivity contribution in [2.24, 2.45) is 0 Å². The monoisotopic (exact) mass is 212 g/mol. The first kappa shape index (κ1) is 11.4. The summed E-state index contributed by atoms with van der Waals surface area (Å²) >= 11 is 0. The second-order valence-electron chi connectivity index (χ2n) is 5.42. The van der Waals surface area contributed by atoms with Crippen molar-refractivity contribution in [2.45, 2.75) is 51.2 Å². The van der Waals surface area contributed by atoms with E-state index in [9.17, 15) is 0 Å². The number of nitrogens with zero attached hydrogens (tertiary/aromatic N) is 1. The number of hydrogen-bond acceptors (Lipinski definition) is 3. The minimum Gasteiger partial charge on any atom is -0.381 e. The van der Waals surface area contributed by atoms with Gasteiger partial charge in [0.15, 0.2) is 0 Å². The zero-order chi connectivity index (χ0) is 10.9. The van der Waals surface area contributed by atoms with Crippen molar-refractivity contribution < 1.29 is 4.74 Å². The van der Waals surface area contributed by atoms with Crippen molar-refractivity contribution in [1.29, 1.82) is 0 Å². The van der Waals surface area contributed by atoms with E-state index in [4.69, 9.17) is 4.74 Å². The molecule has 2 rings (SSSR count). The molecule has 2 fully saturated rings. The van der Waals surface area contributed by atoms with Crippen LogP contribution in [0.15, 0.2) is 0 Å². The third kappa shape index (κ3) is 2.35. The lowest BCUT2D eigenvalue weighted by atomic mass is 9.87. The van der Waals surface area contributed by atoms with Gasteiger partial charge in [-0.2, -0.15) is 0 Å². The van der Waals surface area contributed by atoms with Crippen molar-refractivity contribution >= 4 is 0 Å². The van der Waals surface area contributed by atoms with Gasteiger partial charge in [-0.1, -0.05) is 0 Å². The summed E-state index contributed by atoms with van der Waals surface area (Å²) < 4.78 is 5.48. The summed E-state index contributed by atoms with van der Waals surface area (Å²) in [5, 5.41) is 3.55. The van der Waals surface area contributed by atoms with Crippen molar-refractivity contribution in [3.8, 4) is 0 Å². The summed E-state index contributed by atoms with van der Waals surface area (Å²) in [6.07, 6.45) is 2.37. The number of piperazine rings is 1. The van der Waals surface area contributed by atoms with E-state index in [1.54, 1.807) is 0 Å². The highest BCUT2D eigenvalue weighted by molar-refractivity contribution is 4.95. The van der Waals surface area contributed by atoms with E-state index in [2.05, 4.69) is 31.0 Å². The molecule has 0 spiro atoms. The largest absolute Gasteiger partial charge is 0.381 e. The maximum atomic E-state index is 5.48. The first-order valence-electron chi connectivity index (χ1n) is 6.20. The van der Waals surface area contributed by atoms with E-state index in [0.29, 0.717) is 17.6 Å². The normalized spacial score (nSPS) is 37.8. The van der Waals surface area contributed by atoms with E-state index >= 15 is 0 Å². The molecule has 2 atom stereocenters. The van der Waals surface area contributed by atoms with Gasteiger partial charge < -0.3 is 10.1 Å². The van der Waals surface area contributed by atoms with E-state index in [1.807, 2.05) is 0 Å². The van der Waals surface area contributed by atoms with Crippen LogP contribution < -0.4 is 5.32 Å². The molecule has 0 aliphatic carbocycles. The molecular formula is C12H24N2O. The van der Waals surface area contributed by atoms with E-state index in [-0.39, 0.29) is 0 Å². The molecule has 0 bridgehead atoms. The number of rotatable bonds is 1. The van der Waals surface area contributed by atoms with Gasteiger partial charge in [-0.15, -0.1) is 0 Å². The van der Waals surface area contributed by atoms with E-state index in [1.165, 1.54) is 19.4 Å². The van der Waals surface area contributed by atoms with Gasteiger partial charge in [0.05, 0.1) is 0 Å². The molecule has 0 aromatic rings. The van der Waals surface area contributed by atoms with E-state index < -0.39 is 0 Å². The van der Waals surface area contributed by atoms with Crippen LogP contribution in [0, 0.1) is 0 Å². The first-order valence-corrected chi connectivity index (χ1v) is 6.20. The molecular weight excluding hydrogens is 188 g/mol. The predicted molar refractivity (Wildman–Crippen MR) is 62.1 cm³/mol. The summed E-state index contributed by atoms with van der Waals surface area (Å²) in [7, 11) is 0. The molecule has 1 N–H and O–H groups in total. The Hall–Kier alpha value is -0.120. The summed E-state index contributed by atoms with van der Waals surface area (Å²) in [4.78, 5) is 2.69. The minimum absolute atomic E-state index is 0.369. The smallest absolute Gasteiger partial charge is 0.0483 e. The van der Waals surface area contributed by atoms with Crippen LogP contribution >= 0.6 is 0 Å². The Morgan fingerprint density at radius 2 is 1.93 bits per heavy atom. The van der Waals surface area contributed by atoms with Crippen LogP contribution in [-0.2, 0) is 4.74 Å². The summed E-state index contributed by atoms with van der Waals surface area (Å²) in [6, 6.07) is 1.28. The SMILES string of the molecule is CC1CN(C2(C)CCOCC2)C(C)CN1. The predicted octanol–water partition coefficient (Wildman–Crippen LogP) is 1.24. The van der Waals surface area contributed by atoms with Crippen LogP contribution in [0.2, 0.25) is 0 Å². The topological polar surface area (TPSA) is 24.5 Å². The second-order valence-corrected chi connectivity index (χ2v) is 5.42.